The molecule has 0 unspecified atom stereocenters. The van der Waals surface area contributed by atoms with Crippen molar-refractivity contribution in [3.63, 3.8) is 0 Å². The van der Waals surface area contributed by atoms with E-state index in [9.17, 15) is 4.79 Å². The summed E-state index contributed by atoms with van der Waals surface area (Å²) in [7, 11) is 1.82. The van der Waals surface area contributed by atoms with E-state index in [1.54, 1.807) is 22.9 Å². The standard InChI is InChI=1S/C14H14Cl2N2O/c1-8-14(9(2)18(3)17-8)13(19)7-10-6-11(15)4-5-12(10)16/h4-6H,7H2,1-3H3. The molecule has 100 valence electrons. The maximum absolute atomic E-state index is 12.4. The Morgan fingerprint density at radius 3 is 2.58 bits per heavy atom. The van der Waals surface area contributed by atoms with E-state index in [4.69, 9.17) is 23.2 Å². The lowest BCUT2D eigenvalue weighted by Gasteiger charge is -2.05. The van der Waals surface area contributed by atoms with Crippen molar-refractivity contribution in [2.75, 3.05) is 0 Å². The van der Waals surface area contributed by atoms with Crippen LogP contribution < -0.4 is 0 Å². The highest BCUT2D eigenvalue weighted by molar-refractivity contribution is 6.33. The average Bonchev–Trinajstić information content (AvgIpc) is 2.58. The minimum Gasteiger partial charge on any atom is -0.294 e. The summed E-state index contributed by atoms with van der Waals surface area (Å²) >= 11 is 12.0. The minimum atomic E-state index is 0.00673. The van der Waals surface area contributed by atoms with Gasteiger partial charge in [-0.25, -0.2) is 0 Å². The predicted octanol–water partition coefficient (Wildman–Crippen LogP) is 3.77. The maximum Gasteiger partial charge on any atom is 0.170 e. The zero-order valence-electron chi connectivity index (χ0n) is 11.0. The van der Waals surface area contributed by atoms with Crippen molar-refractivity contribution >= 4 is 29.0 Å². The van der Waals surface area contributed by atoms with E-state index in [2.05, 4.69) is 5.10 Å². The Bertz CT molecular complexity index is 647. The molecule has 0 aliphatic rings. The number of hydrogen-bond acceptors (Lipinski definition) is 2. The number of benzene rings is 1. The van der Waals surface area contributed by atoms with Crippen molar-refractivity contribution < 1.29 is 4.79 Å². The highest BCUT2D eigenvalue weighted by Crippen LogP contribution is 2.23. The van der Waals surface area contributed by atoms with Gasteiger partial charge in [-0.05, 0) is 37.6 Å². The largest absolute Gasteiger partial charge is 0.294 e. The number of rotatable bonds is 3. The summed E-state index contributed by atoms with van der Waals surface area (Å²) in [4.78, 5) is 12.4. The number of hydrogen-bond donors (Lipinski definition) is 0. The molecule has 0 spiro atoms. The summed E-state index contributed by atoms with van der Waals surface area (Å²) in [5, 5.41) is 5.38. The van der Waals surface area contributed by atoms with Gasteiger partial charge in [-0.2, -0.15) is 5.10 Å². The number of carbonyl (C=O) groups is 1. The molecule has 1 heterocycles. The number of halogens is 2. The second-order valence-electron chi connectivity index (χ2n) is 4.51. The van der Waals surface area contributed by atoms with E-state index in [0.717, 1.165) is 17.0 Å². The van der Waals surface area contributed by atoms with E-state index >= 15 is 0 Å². The van der Waals surface area contributed by atoms with E-state index in [-0.39, 0.29) is 12.2 Å². The van der Waals surface area contributed by atoms with Gasteiger partial charge in [0.25, 0.3) is 0 Å². The van der Waals surface area contributed by atoms with Crippen LogP contribution in [0.4, 0.5) is 0 Å². The number of nitrogens with zero attached hydrogens (tertiary/aromatic N) is 2. The molecular weight excluding hydrogens is 283 g/mol. The van der Waals surface area contributed by atoms with Crippen molar-refractivity contribution in [1.29, 1.82) is 0 Å². The van der Waals surface area contributed by atoms with Crippen LogP contribution in [-0.2, 0) is 13.5 Å². The van der Waals surface area contributed by atoms with Crippen molar-refractivity contribution in [2.24, 2.45) is 7.05 Å². The molecule has 0 bridgehead atoms. The highest BCUT2D eigenvalue weighted by Gasteiger charge is 2.18. The molecule has 5 heteroatoms. The van der Waals surface area contributed by atoms with Crippen molar-refractivity contribution in [3.05, 3.63) is 50.8 Å². The molecule has 0 saturated carbocycles. The van der Waals surface area contributed by atoms with Gasteiger partial charge in [0.05, 0.1) is 11.3 Å². The average molecular weight is 297 g/mol. The molecule has 0 aliphatic heterocycles. The summed E-state index contributed by atoms with van der Waals surface area (Å²) in [6.07, 6.45) is 0.229. The monoisotopic (exact) mass is 296 g/mol. The SMILES string of the molecule is Cc1nn(C)c(C)c1C(=O)Cc1cc(Cl)ccc1Cl. The lowest BCUT2D eigenvalue weighted by molar-refractivity contribution is 0.0991. The zero-order valence-corrected chi connectivity index (χ0v) is 12.5. The van der Waals surface area contributed by atoms with Crippen LogP contribution in [0.3, 0.4) is 0 Å². The Labute approximate surface area is 122 Å². The number of ketones is 1. The third-order valence-corrected chi connectivity index (χ3v) is 3.75. The number of Topliss-reactive ketones (excluding diaryl/α,β-unsaturated/α-hetero) is 1. The summed E-state index contributed by atoms with van der Waals surface area (Å²) in [6, 6.07) is 5.14. The quantitative estimate of drug-likeness (QED) is 0.808. The number of carbonyl (C=O) groups excluding carboxylic acids is 1. The molecule has 1 aromatic carbocycles. The molecule has 0 amide bonds. The van der Waals surface area contributed by atoms with E-state index < -0.39 is 0 Å². The first kappa shape index (κ1) is 14.1. The van der Waals surface area contributed by atoms with Gasteiger partial charge >= 0.3 is 0 Å². The van der Waals surface area contributed by atoms with Crippen LogP contribution in [0.2, 0.25) is 10.0 Å². The van der Waals surface area contributed by atoms with Crippen molar-refractivity contribution in [1.82, 2.24) is 9.78 Å². The van der Waals surface area contributed by atoms with Gasteiger partial charge < -0.3 is 0 Å². The third-order valence-electron chi connectivity index (χ3n) is 3.15. The first-order chi connectivity index (χ1) is 8.90. The van der Waals surface area contributed by atoms with Gasteiger partial charge in [0.2, 0.25) is 0 Å². The number of aromatic nitrogens is 2. The van der Waals surface area contributed by atoms with Gasteiger partial charge in [-0.1, -0.05) is 23.2 Å². The first-order valence-corrected chi connectivity index (χ1v) is 6.63. The van der Waals surface area contributed by atoms with Crippen molar-refractivity contribution in [2.45, 2.75) is 20.3 Å². The summed E-state index contributed by atoms with van der Waals surface area (Å²) < 4.78 is 1.71. The van der Waals surface area contributed by atoms with Gasteiger partial charge in [-0.3, -0.25) is 9.48 Å². The molecule has 0 fully saturated rings. The van der Waals surface area contributed by atoms with Crippen LogP contribution >= 0.6 is 23.2 Å². The molecule has 0 atom stereocenters. The smallest absolute Gasteiger partial charge is 0.170 e. The second-order valence-corrected chi connectivity index (χ2v) is 5.35. The van der Waals surface area contributed by atoms with Crippen LogP contribution in [0.15, 0.2) is 18.2 Å². The summed E-state index contributed by atoms with van der Waals surface area (Å²) in [5.74, 6) is 0.00673. The second kappa shape index (κ2) is 5.35. The Hall–Kier alpha value is -1.32. The lowest BCUT2D eigenvalue weighted by atomic mass is 10.0. The van der Waals surface area contributed by atoms with E-state index in [1.165, 1.54) is 0 Å². The zero-order chi connectivity index (χ0) is 14.2. The third kappa shape index (κ3) is 2.82. The molecular formula is C14H14Cl2N2O. The lowest BCUT2D eigenvalue weighted by Crippen LogP contribution is -2.07. The topological polar surface area (TPSA) is 34.9 Å². The summed E-state index contributed by atoms with van der Waals surface area (Å²) in [6.45, 7) is 3.71. The Morgan fingerprint density at radius 2 is 2.00 bits per heavy atom. The molecule has 1 aromatic heterocycles. The first-order valence-electron chi connectivity index (χ1n) is 5.87. The molecule has 3 nitrogen and oxygen atoms in total. The molecule has 0 N–H and O–H groups in total. The normalized spacial score (nSPS) is 10.8. The molecule has 0 saturated heterocycles. The molecule has 0 radical (unpaired) electrons. The van der Waals surface area contributed by atoms with Crippen LogP contribution in [-0.4, -0.2) is 15.6 Å². The van der Waals surface area contributed by atoms with Gasteiger partial charge in [0.1, 0.15) is 0 Å². The molecule has 2 aromatic rings. The maximum atomic E-state index is 12.4. The minimum absolute atomic E-state index is 0.00673. The van der Waals surface area contributed by atoms with Crippen LogP contribution in [0.25, 0.3) is 0 Å². The molecule has 19 heavy (non-hydrogen) atoms. The fourth-order valence-corrected chi connectivity index (χ4v) is 2.50. The molecule has 2 rings (SSSR count). The highest BCUT2D eigenvalue weighted by atomic mass is 35.5. The summed E-state index contributed by atoms with van der Waals surface area (Å²) in [5.41, 5.74) is 3.00. The number of aryl methyl sites for hydroxylation is 2. The van der Waals surface area contributed by atoms with Crippen LogP contribution in [0, 0.1) is 13.8 Å². The van der Waals surface area contributed by atoms with Gasteiger partial charge in [0, 0.05) is 29.2 Å². The van der Waals surface area contributed by atoms with E-state index in [0.29, 0.717) is 15.6 Å². The Kier molecular flexibility index (Phi) is 3.97. The van der Waals surface area contributed by atoms with Crippen LogP contribution in [0.5, 0.6) is 0 Å². The fraction of sp³-hybridized carbons (Fsp3) is 0.286. The molecule has 0 aliphatic carbocycles. The van der Waals surface area contributed by atoms with Crippen molar-refractivity contribution in [3.8, 4) is 0 Å². The predicted molar refractivity (Wildman–Crippen MR) is 77.2 cm³/mol. The van der Waals surface area contributed by atoms with Gasteiger partial charge in [-0.15, -0.1) is 0 Å². The Balaban J connectivity index is 2.33. The van der Waals surface area contributed by atoms with Crippen LogP contribution in [0.1, 0.15) is 27.3 Å². The fourth-order valence-electron chi connectivity index (χ4n) is 2.12. The van der Waals surface area contributed by atoms with E-state index in [1.807, 2.05) is 20.9 Å². The van der Waals surface area contributed by atoms with Gasteiger partial charge in [0.15, 0.2) is 5.78 Å². The Morgan fingerprint density at radius 1 is 1.32 bits per heavy atom.